The van der Waals surface area contributed by atoms with E-state index >= 15 is 0 Å². The summed E-state index contributed by atoms with van der Waals surface area (Å²) in [4.78, 5) is 10.9. The molecule has 0 unspecified atom stereocenters. The van der Waals surface area contributed by atoms with Crippen LogP contribution in [-0.2, 0) is 14.3 Å². The summed E-state index contributed by atoms with van der Waals surface area (Å²) in [6, 6.07) is 0. The van der Waals surface area contributed by atoms with Gasteiger partial charge in [-0.05, 0) is 32.7 Å². The smallest absolute Gasteiger partial charge is 0.332 e. The zero-order chi connectivity index (χ0) is 12.1. The number of rotatable bonds is 11. The molecule has 0 heterocycles. The van der Waals surface area contributed by atoms with Gasteiger partial charge in [0.2, 0.25) is 0 Å². The van der Waals surface area contributed by atoms with Gasteiger partial charge in [-0.2, -0.15) is 0 Å². The fourth-order valence-electron chi connectivity index (χ4n) is 1.17. The van der Waals surface area contributed by atoms with Gasteiger partial charge in [-0.3, -0.25) is 0 Å². The lowest BCUT2D eigenvalue weighted by Crippen LogP contribution is -2.23. The lowest BCUT2D eigenvalue weighted by molar-refractivity contribution is -0.148. The number of hydrogen-bond acceptors (Lipinski definition) is 5. The molecule has 0 bridgehead atoms. The Morgan fingerprint density at radius 1 is 1.25 bits per heavy atom. The molecule has 0 spiro atoms. The van der Waals surface area contributed by atoms with Crippen molar-refractivity contribution in [1.82, 2.24) is 5.32 Å². The molecule has 2 N–H and O–H groups in total. The lowest BCUT2D eigenvalue weighted by atomic mass is 10.2. The van der Waals surface area contributed by atoms with Crippen molar-refractivity contribution in [2.75, 3.05) is 39.5 Å². The van der Waals surface area contributed by atoms with Crippen molar-refractivity contribution in [2.45, 2.75) is 26.2 Å². The maximum Gasteiger partial charge on any atom is 0.332 e. The predicted octanol–water partition coefficient (Wildman–Crippen LogP) is 0.318. The monoisotopic (exact) mass is 233 g/mol. The molecule has 0 rings (SSSR count). The molecular formula is C11H23NO4. The SMILES string of the molecule is CCOC(=O)COCCNCCCCCO. The van der Waals surface area contributed by atoms with Crippen LogP contribution in [0.2, 0.25) is 0 Å². The van der Waals surface area contributed by atoms with Gasteiger partial charge in [0.1, 0.15) is 6.61 Å². The second-order valence-corrected chi connectivity index (χ2v) is 3.39. The minimum absolute atomic E-state index is 0.0278. The molecule has 0 aromatic carbocycles. The van der Waals surface area contributed by atoms with Crippen molar-refractivity contribution < 1.29 is 19.4 Å². The zero-order valence-corrected chi connectivity index (χ0v) is 10.0. The highest BCUT2D eigenvalue weighted by atomic mass is 16.6. The van der Waals surface area contributed by atoms with E-state index in [-0.39, 0.29) is 19.2 Å². The Morgan fingerprint density at radius 2 is 2.06 bits per heavy atom. The standard InChI is InChI=1S/C11H23NO4/c1-2-16-11(14)10-15-9-7-12-6-4-3-5-8-13/h12-13H,2-10H2,1H3. The molecule has 0 radical (unpaired) electrons. The van der Waals surface area contributed by atoms with Gasteiger partial charge < -0.3 is 19.9 Å². The van der Waals surface area contributed by atoms with Crippen LogP contribution in [0.25, 0.3) is 0 Å². The van der Waals surface area contributed by atoms with Crippen molar-refractivity contribution in [1.29, 1.82) is 0 Å². The van der Waals surface area contributed by atoms with Crippen LogP contribution >= 0.6 is 0 Å². The normalized spacial score (nSPS) is 10.4. The Morgan fingerprint density at radius 3 is 2.75 bits per heavy atom. The molecule has 0 aliphatic carbocycles. The molecule has 0 aromatic rings. The largest absolute Gasteiger partial charge is 0.464 e. The maximum atomic E-state index is 10.9. The van der Waals surface area contributed by atoms with Gasteiger partial charge in [0, 0.05) is 13.2 Å². The number of ether oxygens (including phenoxy) is 2. The second-order valence-electron chi connectivity index (χ2n) is 3.39. The third kappa shape index (κ3) is 11.4. The van der Waals surface area contributed by atoms with Gasteiger partial charge in [-0.1, -0.05) is 0 Å². The first-order valence-electron chi connectivity index (χ1n) is 5.86. The summed E-state index contributed by atoms with van der Waals surface area (Å²) >= 11 is 0. The molecule has 5 nitrogen and oxygen atoms in total. The minimum Gasteiger partial charge on any atom is -0.464 e. The number of hydrogen-bond donors (Lipinski definition) is 2. The highest BCUT2D eigenvalue weighted by molar-refractivity contribution is 5.70. The summed E-state index contributed by atoms with van der Waals surface area (Å²) in [7, 11) is 0. The van der Waals surface area contributed by atoms with Gasteiger partial charge in [0.15, 0.2) is 0 Å². The second kappa shape index (κ2) is 12.4. The Balaban J connectivity index is 3.01. The first-order chi connectivity index (χ1) is 7.81. The van der Waals surface area contributed by atoms with Gasteiger partial charge in [-0.25, -0.2) is 4.79 Å². The number of carbonyl (C=O) groups is 1. The van der Waals surface area contributed by atoms with E-state index < -0.39 is 0 Å². The van der Waals surface area contributed by atoms with E-state index in [1.807, 2.05) is 0 Å². The molecule has 0 saturated carbocycles. The lowest BCUT2D eigenvalue weighted by Gasteiger charge is -2.05. The van der Waals surface area contributed by atoms with E-state index in [1.165, 1.54) is 0 Å². The fraction of sp³-hybridized carbons (Fsp3) is 0.909. The van der Waals surface area contributed by atoms with Crippen molar-refractivity contribution in [2.24, 2.45) is 0 Å². The molecule has 5 heteroatoms. The van der Waals surface area contributed by atoms with Crippen LogP contribution in [0.3, 0.4) is 0 Å². The van der Waals surface area contributed by atoms with Crippen LogP contribution < -0.4 is 5.32 Å². The summed E-state index contributed by atoms with van der Waals surface area (Å²) < 4.78 is 9.80. The van der Waals surface area contributed by atoms with E-state index in [9.17, 15) is 4.79 Å². The van der Waals surface area contributed by atoms with Gasteiger partial charge >= 0.3 is 5.97 Å². The Bertz CT molecular complexity index is 164. The third-order valence-electron chi connectivity index (χ3n) is 1.96. The van der Waals surface area contributed by atoms with Crippen LogP contribution in [0.15, 0.2) is 0 Å². The minimum atomic E-state index is -0.314. The van der Waals surface area contributed by atoms with E-state index in [0.717, 1.165) is 32.4 Å². The van der Waals surface area contributed by atoms with Gasteiger partial charge in [0.25, 0.3) is 0 Å². The Hall–Kier alpha value is -0.650. The quantitative estimate of drug-likeness (QED) is 0.397. The van der Waals surface area contributed by atoms with Crippen molar-refractivity contribution in [3.63, 3.8) is 0 Å². The summed E-state index contributed by atoms with van der Waals surface area (Å²) in [5.41, 5.74) is 0. The molecule has 16 heavy (non-hydrogen) atoms. The molecule has 0 aliphatic heterocycles. The average Bonchev–Trinajstić information content (AvgIpc) is 2.27. The van der Waals surface area contributed by atoms with E-state index in [1.54, 1.807) is 6.92 Å². The van der Waals surface area contributed by atoms with Crippen LogP contribution in [0, 0.1) is 0 Å². The molecule has 0 atom stereocenters. The number of unbranched alkanes of at least 4 members (excludes halogenated alkanes) is 2. The molecular weight excluding hydrogens is 210 g/mol. The maximum absolute atomic E-state index is 10.9. The Kier molecular flexibility index (Phi) is 11.9. The van der Waals surface area contributed by atoms with Gasteiger partial charge in [0.05, 0.1) is 13.2 Å². The number of aliphatic hydroxyl groups is 1. The molecule has 0 fully saturated rings. The third-order valence-corrected chi connectivity index (χ3v) is 1.96. The van der Waals surface area contributed by atoms with E-state index in [4.69, 9.17) is 14.6 Å². The highest BCUT2D eigenvalue weighted by Gasteiger charge is 1.99. The number of carbonyl (C=O) groups excluding carboxylic acids is 1. The topological polar surface area (TPSA) is 67.8 Å². The first kappa shape index (κ1) is 15.3. The van der Waals surface area contributed by atoms with Crippen molar-refractivity contribution in [3.8, 4) is 0 Å². The number of nitrogens with one attached hydrogen (secondary N) is 1. The van der Waals surface area contributed by atoms with E-state index in [2.05, 4.69) is 5.32 Å². The molecule has 0 saturated heterocycles. The molecule has 0 aromatic heterocycles. The highest BCUT2D eigenvalue weighted by Crippen LogP contribution is 1.91. The van der Waals surface area contributed by atoms with Crippen LogP contribution in [0.1, 0.15) is 26.2 Å². The van der Waals surface area contributed by atoms with Crippen LogP contribution in [-0.4, -0.2) is 50.6 Å². The zero-order valence-electron chi connectivity index (χ0n) is 10.0. The first-order valence-corrected chi connectivity index (χ1v) is 5.86. The summed E-state index contributed by atoms with van der Waals surface area (Å²) in [5, 5.41) is 11.7. The molecule has 0 amide bonds. The van der Waals surface area contributed by atoms with Crippen LogP contribution in [0.5, 0.6) is 0 Å². The Labute approximate surface area is 97.1 Å². The predicted molar refractivity (Wildman–Crippen MR) is 61.3 cm³/mol. The van der Waals surface area contributed by atoms with Crippen molar-refractivity contribution in [3.05, 3.63) is 0 Å². The van der Waals surface area contributed by atoms with E-state index in [0.29, 0.717) is 13.2 Å². The summed E-state index contributed by atoms with van der Waals surface area (Å²) in [5.74, 6) is -0.314. The van der Waals surface area contributed by atoms with Crippen LogP contribution in [0.4, 0.5) is 0 Å². The summed E-state index contributed by atoms with van der Waals surface area (Å²) in [6.45, 7) is 4.62. The number of esters is 1. The van der Waals surface area contributed by atoms with Gasteiger partial charge in [-0.15, -0.1) is 0 Å². The average molecular weight is 233 g/mol. The molecule has 96 valence electrons. The summed E-state index contributed by atoms with van der Waals surface area (Å²) in [6.07, 6.45) is 2.95. The molecule has 0 aliphatic rings. The van der Waals surface area contributed by atoms with Crippen molar-refractivity contribution >= 4 is 5.97 Å². The fourth-order valence-corrected chi connectivity index (χ4v) is 1.17. The number of aliphatic hydroxyl groups excluding tert-OH is 1.